The minimum atomic E-state index is -0.356. The maximum Gasteiger partial charge on any atom is 0.239 e. The zero-order valence-corrected chi connectivity index (χ0v) is 12.4. The Bertz CT molecular complexity index is 482. The fourth-order valence-electron chi connectivity index (χ4n) is 2.44. The molecule has 0 atom stereocenters. The number of hydrogen-bond donors (Lipinski definition) is 3. The predicted molar refractivity (Wildman–Crippen MR) is 81.5 cm³/mol. The van der Waals surface area contributed by atoms with Gasteiger partial charge >= 0.3 is 0 Å². The van der Waals surface area contributed by atoms with Crippen LogP contribution in [0.15, 0.2) is 30.3 Å². The van der Waals surface area contributed by atoms with Crippen LogP contribution in [0.5, 0.6) is 0 Å². The first-order chi connectivity index (χ1) is 10.1. The standard InChI is InChI=1S/C16H23N3O2/c1-16(7-9-17-10-8-16)15(21)19-12-14(20)18-11-13-5-3-2-4-6-13/h2-6,17H,7-12H2,1H3,(H,18,20)(H,19,21). The molecule has 1 aromatic rings. The summed E-state index contributed by atoms with van der Waals surface area (Å²) in [6, 6.07) is 9.71. The van der Waals surface area contributed by atoms with Gasteiger partial charge in [-0.25, -0.2) is 0 Å². The molecule has 2 rings (SSSR count). The predicted octanol–water partition coefficient (Wildman–Crippen LogP) is 0.809. The quantitative estimate of drug-likeness (QED) is 0.751. The minimum Gasteiger partial charge on any atom is -0.350 e. The summed E-state index contributed by atoms with van der Waals surface area (Å²) in [4.78, 5) is 23.9. The molecule has 1 fully saturated rings. The number of amides is 2. The van der Waals surface area contributed by atoms with Gasteiger partial charge in [-0.15, -0.1) is 0 Å². The summed E-state index contributed by atoms with van der Waals surface area (Å²) < 4.78 is 0. The van der Waals surface area contributed by atoms with E-state index in [0.29, 0.717) is 6.54 Å². The van der Waals surface area contributed by atoms with E-state index in [0.717, 1.165) is 31.5 Å². The molecule has 21 heavy (non-hydrogen) atoms. The third-order valence-electron chi connectivity index (χ3n) is 4.00. The van der Waals surface area contributed by atoms with E-state index in [2.05, 4.69) is 16.0 Å². The average Bonchev–Trinajstić information content (AvgIpc) is 2.52. The van der Waals surface area contributed by atoms with Crippen LogP contribution in [0.2, 0.25) is 0 Å². The fraction of sp³-hybridized carbons (Fsp3) is 0.500. The first-order valence-electron chi connectivity index (χ1n) is 7.40. The Kier molecular flexibility index (Phi) is 5.33. The second-order valence-corrected chi connectivity index (χ2v) is 5.76. The summed E-state index contributed by atoms with van der Waals surface area (Å²) in [5.41, 5.74) is 0.688. The van der Waals surface area contributed by atoms with Crippen molar-refractivity contribution in [3.63, 3.8) is 0 Å². The minimum absolute atomic E-state index is 0.0288. The Morgan fingerprint density at radius 3 is 2.48 bits per heavy atom. The Morgan fingerprint density at radius 1 is 1.14 bits per heavy atom. The van der Waals surface area contributed by atoms with Crippen molar-refractivity contribution >= 4 is 11.8 Å². The van der Waals surface area contributed by atoms with Crippen molar-refractivity contribution in [1.29, 1.82) is 0 Å². The fourth-order valence-corrected chi connectivity index (χ4v) is 2.44. The maximum absolute atomic E-state index is 12.2. The van der Waals surface area contributed by atoms with Crippen LogP contribution in [0.4, 0.5) is 0 Å². The second-order valence-electron chi connectivity index (χ2n) is 5.76. The Balaban J connectivity index is 1.72. The normalized spacial score (nSPS) is 17.0. The third-order valence-corrected chi connectivity index (χ3v) is 4.00. The number of nitrogens with one attached hydrogen (secondary N) is 3. The second kappa shape index (κ2) is 7.22. The molecular formula is C16H23N3O2. The molecule has 2 amide bonds. The molecule has 0 saturated carbocycles. The lowest BCUT2D eigenvalue weighted by Crippen LogP contribution is -2.48. The molecule has 5 nitrogen and oxygen atoms in total. The van der Waals surface area contributed by atoms with E-state index in [1.54, 1.807) is 0 Å². The average molecular weight is 289 g/mol. The van der Waals surface area contributed by atoms with E-state index < -0.39 is 0 Å². The molecule has 0 bridgehead atoms. The Hall–Kier alpha value is -1.88. The lowest BCUT2D eigenvalue weighted by molar-refractivity contribution is -0.133. The van der Waals surface area contributed by atoms with Crippen LogP contribution in [0.1, 0.15) is 25.3 Å². The highest BCUT2D eigenvalue weighted by atomic mass is 16.2. The summed E-state index contributed by atoms with van der Waals surface area (Å²) in [5, 5.41) is 8.79. The molecule has 1 aliphatic rings. The van der Waals surface area contributed by atoms with E-state index in [1.165, 1.54) is 0 Å². The van der Waals surface area contributed by atoms with Crippen LogP contribution in [0.3, 0.4) is 0 Å². The third kappa shape index (κ3) is 4.56. The van der Waals surface area contributed by atoms with Gasteiger partial charge in [-0.2, -0.15) is 0 Å². The van der Waals surface area contributed by atoms with Gasteiger partial charge in [0.1, 0.15) is 0 Å². The van der Waals surface area contributed by atoms with Gasteiger partial charge in [0.2, 0.25) is 11.8 Å². The van der Waals surface area contributed by atoms with E-state index in [-0.39, 0.29) is 23.8 Å². The molecule has 1 aliphatic heterocycles. The van der Waals surface area contributed by atoms with Crippen molar-refractivity contribution in [2.75, 3.05) is 19.6 Å². The molecule has 1 saturated heterocycles. The lowest BCUT2D eigenvalue weighted by atomic mass is 9.80. The molecular weight excluding hydrogens is 266 g/mol. The Labute approximate surface area is 125 Å². The summed E-state index contributed by atoms with van der Waals surface area (Å²) in [6.45, 7) is 4.19. The van der Waals surface area contributed by atoms with Crippen molar-refractivity contribution in [2.24, 2.45) is 5.41 Å². The highest BCUT2D eigenvalue weighted by Crippen LogP contribution is 2.27. The zero-order valence-electron chi connectivity index (χ0n) is 12.4. The molecule has 0 aliphatic carbocycles. The van der Waals surface area contributed by atoms with Gasteiger partial charge in [0.25, 0.3) is 0 Å². The van der Waals surface area contributed by atoms with Gasteiger partial charge in [0.15, 0.2) is 0 Å². The van der Waals surface area contributed by atoms with E-state index in [4.69, 9.17) is 0 Å². The van der Waals surface area contributed by atoms with Gasteiger partial charge in [0, 0.05) is 12.0 Å². The van der Waals surface area contributed by atoms with Crippen molar-refractivity contribution < 1.29 is 9.59 Å². The summed E-state index contributed by atoms with van der Waals surface area (Å²) in [7, 11) is 0. The van der Waals surface area contributed by atoms with Crippen molar-refractivity contribution in [2.45, 2.75) is 26.3 Å². The molecule has 0 radical (unpaired) electrons. The molecule has 0 unspecified atom stereocenters. The number of rotatable bonds is 5. The molecule has 1 heterocycles. The summed E-state index contributed by atoms with van der Waals surface area (Å²) >= 11 is 0. The number of hydrogen-bond acceptors (Lipinski definition) is 3. The number of carbonyl (C=O) groups is 2. The van der Waals surface area contributed by atoms with Gasteiger partial charge < -0.3 is 16.0 Å². The molecule has 0 aromatic heterocycles. The molecule has 0 spiro atoms. The molecule has 114 valence electrons. The van der Waals surface area contributed by atoms with Crippen LogP contribution >= 0.6 is 0 Å². The van der Waals surface area contributed by atoms with Gasteiger partial charge in [-0.1, -0.05) is 37.3 Å². The molecule has 3 N–H and O–H groups in total. The summed E-state index contributed by atoms with van der Waals surface area (Å²) in [5.74, 6) is -0.191. The van der Waals surface area contributed by atoms with E-state index in [9.17, 15) is 9.59 Å². The topological polar surface area (TPSA) is 70.2 Å². The Morgan fingerprint density at radius 2 is 1.81 bits per heavy atom. The van der Waals surface area contributed by atoms with Crippen molar-refractivity contribution in [1.82, 2.24) is 16.0 Å². The number of carbonyl (C=O) groups excluding carboxylic acids is 2. The van der Waals surface area contributed by atoms with Gasteiger partial charge in [-0.3, -0.25) is 9.59 Å². The van der Waals surface area contributed by atoms with Crippen molar-refractivity contribution in [3.05, 3.63) is 35.9 Å². The smallest absolute Gasteiger partial charge is 0.239 e. The monoisotopic (exact) mass is 289 g/mol. The highest BCUT2D eigenvalue weighted by Gasteiger charge is 2.34. The van der Waals surface area contributed by atoms with Gasteiger partial charge in [0.05, 0.1) is 6.54 Å². The maximum atomic E-state index is 12.2. The zero-order chi connectivity index (χ0) is 15.1. The van der Waals surface area contributed by atoms with Crippen molar-refractivity contribution in [3.8, 4) is 0 Å². The lowest BCUT2D eigenvalue weighted by Gasteiger charge is -2.32. The first kappa shape index (κ1) is 15.5. The largest absolute Gasteiger partial charge is 0.350 e. The highest BCUT2D eigenvalue weighted by molar-refractivity contribution is 5.87. The van der Waals surface area contributed by atoms with Crippen LogP contribution in [0.25, 0.3) is 0 Å². The first-order valence-corrected chi connectivity index (χ1v) is 7.40. The number of benzene rings is 1. The molecule has 1 aromatic carbocycles. The van der Waals surface area contributed by atoms with E-state index in [1.807, 2.05) is 37.3 Å². The van der Waals surface area contributed by atoms with Crippen LogP contribution < -0.4 is 16.0 Å². The number of piperidine rings is 1. The van der Waals surface area contributed by atoms with E-state index >= 15 is 0 Å². The van der Waals surface area contributed by atoms with Crippen LogP contribution in [-0.2, 0) is 16.1 Å². The van der Waals surface area contributed by atoms with Crippen LogP contribution in [-0.4, -0.2) is 31.4 Å². The van der Waals surface area contributed by atoms with Gasteiger partial charge in [-0.05, 0) is 31.5 Å². The SMILES string of the molecule is CC1(C(=O)NCC(=O)NCc2ccccc2)CCNCC1. The van der Waals surface area contributed by atoms with Crippen LogP contribution in [0, 0.1) is 5.41 Å². The summed E-state index contributed by atoms with van der Waals surface area (Å²) in [6.07, 6.45) is 1.62. The molecule has 5 heteroatoms.